The number of halogens is 9. The molecule has 0 saturated carbocycles. The van der Waals surface area contributed by atoms with Gasteiger partial charge in [0.15, 0.2) is 6.17 Å². The smallest absolute Gasteiger partial charge is 0.370 e. The predicted octanol–water partition coefficient (Wildman–Crippen LogP) is 4.47. The van der Waals surface area contributed by atoms with Gasteiger partial charge in [-0.3, -0.25) is 0 Å². The van der Waals surface area contributed by atoms with Gasteiger partial charge in [0.05, 0.1) is 0 Å². The lowest BCUT2D eigenvalue weighted by atomic mass is 10.0. The van der Waals surface area contributed by atoms with Crippen LogP contribution in [0.1, 0.15) is 27.7 Å². The van der Waals surface area contributed by atoms with Crippen molar-refractivity contribution >= 4 is 8.80 Å². The van der Waals surface area contributed by atoms with Crippen molar-refractivity contribution in [2.75, 3.05) is 19.8 Å². The van der Waals surface area contributed by atoms with Crippen molar-refractivity contribution in [3.63, 3.8) is 0 Å². The van der Waals surface area contributed by atoms with Gasteiger partial charge in [-0.25, -0.2) is 4.39 Å². The highest BCUT2D eigenvalue weighted by molar-refractivity contribution is 6.63. The third-order valence-electron chi connectivity index (χ3n) is 3.09. The van der Waals surface area contributed by atoms with Gasteiger partial charge >= 0.3 is 32.1 Å². The fraction of sp³-hybridized carbons (Fsp3) is 1.00. The highest BCUT2D eigenvalue weighted by Crippen LogP contribution is 2.56. The minimum atomic E-state index is -6.75. The summed E-state index contributed by atoms with van der Waals surface area (Å²) < 4.78 is 136. The molecule has 1 atom stereocenters. The van der Waals surface area contributed by atoms with Crippen molar-refractivity contribution in [1.29, 1.82) is 0 Å². The maximum atomic E-state index is 14.4. The Hall–Kier alpha value is -0.533. The molecule has 152 valence electrons. The average molecular weight is 410 g/mol. The maximum Gasteiger partial charge on any atom is 0.582 e. The summed E-state index contributed by atoms with van der Waals surface area (Å²) >= 11 is 0. The van der Waals surface area contributed by atoms with Crippen LogP contribution in [0.15, 0.2) is 0 Å². The molecule has 0 N–H and O–H groups in total. The molecule has 0 aromatic rings. The number of hydrogen-bond acceptors (Lipinski definition) is 3. The van der Waals surface area contributed by atoms with Crippen LogP contribution in [-0.2, 0) is 13.3 Å². The Bertz CT molecular complexity index is 415. The van der Waals surface area contributed by atoms with E-state index in [9.17, 15) is 39.5 Å². The molecule has 0 amide bonds. The molecule has 25 heavy (non-hydrogen) atoms. The molecule has 0 spiro atoms. The first-order valence-electron chi connectivity index (χ1n) is 7.20. The van der Waals surface area contributed by atoms with E-state index in [1.165, 1.54) is 0 Å². The molecule has 0 aromatic carbocycles. The van der Waals surface area contributed by atoms with Gasteiger partial charge in [-0.1, -0.05) is 0 Å². The van der Waals surface area contributed by atoms with Crippen LogP contribution in [0.4, 0.5) is 39.5 Å². The van der Waals surface area contributed by atoms with E-state index in [0.717, 1.165) is 20.8 Å². The Morgan fingerprint density at radius 3 is 1.28 bits per heavy atom. The predicted molar refractivity (Wildman–Crippen MR) is 71.0 cm³/mol. The molecule has 0 aliphatic heterocycles. The average Bonchev–Trinajstić information content (AvgIpc) is 2.46. The second-order valence-corrected chi connectivity index (χ2v) is 7.42. The zero-order valence-electron chi connectivity index (χ0n) is 13.8. The van der Waals surface area contributed by atoms with Crippen LogP contribution in [0.25, 0.3) is 0 Å². The van der Waals surface area contributed by atoms with E-state index in [1.54, 1.807) is 0 Å². The topological polar surface area (TPSA) is 27.7 Å². The normalized spacial score (nSPS) is 16.2. The summed E-state index contributed by atoms with van der Waals surface area (Å²) in [6.45, 7) is 0.901. The van der Waals surface area contributed by atoms with Gasteiger partial charge in [0, 0.05) is 19.8 Å². The van der Waals surface area contributed by atoms with Crippen molar-refractivity contribution in [3.05, 3.63) is 0 Å². The summed E-state index contributed by atoms with van der Waals surface area (Å²) in [6.07, 6.45) is -3.83. The zero-order valence-corrected chi connectivity index (χ0v) is 14.8. The van der Waals surface area contributed by atoms with E-state index in [1.807, 2.05) is 0 Å². The number of hydrogen-bond donors (Lipinski definition) is 0. The molecule has 0 aliphatic rings. The molecule has 0 heterocycles. The first-order valence-corrected chi connectivity index (χ1v) is 8.92. The van der Waals surface area contributed by atoms with Gasteiger partial charge in [-0.05, 0) is 27.7 Å². The van der Waals surface area contributed by atoms with Crippen LogP contribution < -0.4 is 0 Å². The van der Waals surface area contributed by atoms with E-state index in [4.69, 9.17) is 0 Å². The standard InChI is InChI=1S/C12H19F9O3Si/c1-5-22-25(23-6-2,24-7-3)12(20,21)11(18,19)10(16,17)9(14,15)8(4)13/h8H,5-7H2,1-4H3. The second kappa shape index (κ2) is 8.01. The molecule has 0 rings (SSSR count). The minimum Gasteiger partial charge on any atom is -0.370 e. The molecular weight excluding hydrogens is 391 g/mol. The monoisotopic (exact) mass is 410 g/mol. The molecule has 0 fully saturated rings. The van der Waals surface area contributed by atoms with E-state index in [0.29, 0.717) is 0 Å². The molecule has 0 radical (unpaired) electrons. The minimum absolute atomic E-state index is 0.152. The first-order chi connectivity index (χ1) is 11.1. The summed E-state index contributed by atoms with van der Waals surface area (Å²) in [5.74, 6) is -19.6. The fourth-order valence-corrected chi connectivity index (χ4v) is 4.29. The number of rotatable bonds is 11. The summed E-state index contributed by atoms with van der Waals surface area (Å²) in [5.41, 5.74) is -5.97. The van der Waals surface area contributed by atoms with Gasteiger partial charge < -0.3 is 13.3 Å². The van der Waals surface area contributed by atoms with Crippen molar-refractivity contribution in [2.45, 2.75) is 57.2 Å². The summed E-state index contributed by atoms with van der Waals surface area (Å²) in [4.78, 5) is 0. The van der Waals surface area contributed by atoms with Gasteiger partial charge in [0.2, 0.25) is 0 Å². The van der Waals surface area contributed by atoms with Crippen LogP contribution in [0.2, 0.25) is 0 Å². The Kier molecular flexibility index (Phi) is 7.83. The van der Waals surface area contributed by atoms with Gasteiger partial charge in [0.25, 0.3) is 0 Å². The van der Waals surface area contributed by atoms with Crippen molar-refractivity contribution in [3.8, 4) is 0 Å². The van der Waals surface area contributed by atoms with Crippen LogP contribution in [0.5, 0.6) is 0 Å². The highest BCUT2D eigenvalue weighted by atomic mass is 28.4. The van der Waals surface area contributed by atoms with E-state index in [2.05, 4.69) is 13.3 Å². The second-order valence-electron chi connectivity index (χ2n) is 4.82. The van der Waals surface area contributed by atoms with E-state index >= 15 is 0 Å². The molecule has 0 aliphatic carbocycles. The van der Waals surface area contributed by atoms with Gasteiger partial charge in [-0.15, -0.1) is 0 Å². The first kappa shape index (κ1) is 24.5. The summed E-state index contributed by atoms with van der Waals surface area (Å²) in [5, 5.41) is 0. The van der Waals surface area contributed by atoms with Crippen LogP contribution >= 0.6 is 0 Å². The zero-order chi connectivity index (χ0) is 20.3. The van der Waals surface area contributed by atoms with Crippen LogP contribution in [0.3, 0.4) is 0 Å². The molecule has 13 heteroatoms. The van der Waals surface area contributed by atoms with Crippen LogP contribution in [0, 0.1) is 0 Å². The third-order valence-corrected chi connectivity index (χ3v) is 6.18. The van der Waals surface area contributed by atoms with Crippen molar-refractivity contribution < 1.29 is 52.8 Å². The molecule has 0 aromatic heterocycles. The summed E-state index contributed by atoms with van der Waals surface area (Å²) in [6, 6.07) is 0. The third kappa shape index (κ3) is 3.78. The maximum absolute atomic E-state index is 14.4. The lowest BCUT2D eigenvalue weighted by molar-refractivity contribution is -0.366. The molecule has 0 saturated heterocycles. The molecule has 3 nitrogen and oxygen atoms in total. The van der Waals surface area contributed by atoms with E-state index in [-0.39, 0.29) is 6.92 Å². The SMILES string of the molecule is CCO[Si](OCC)(OCC)C(F)(F)C(F)(F)C(F)(F)C(F)(F)C(C)F. The lowest BCUT2D eigenvalue weighted by Gasteiger charge is -2.42. The fourth-order valence-electron chi connectivity index (χ4n) is 1.82. The largest absolute Gasteiger partial charge is 0.582 e. The molecule has 1 unspecified atom stereocenters. The highest BCUT2D eigenvalue weighted by Gasteiger charge is 2.89. The van der Waals surface area contributed by atoms with E-state index < -0.39 is 58.1 Å². The lowest BCUT2D eigenvalue weighted by Crippen LogP contribution is -2.75. The Morgan fingerprint density at radius 2 is 1.04 bits per heavy atom. The van der Waals surface area contributed by atoms with Crippen molar-refractivity contribution in [1.82, 2.24) is 0 Å². The Balaban J connectivity index is 6.37. The van der Waals surface area contributed by atoms with Crippen LogP contribution in [-0.4, -0.2) is 58.1 Å². The Labute approximate surface area is 139 Å². The van der Waals surface area contributed by atoms with Crippen molar-refractivity contribution in [2.24, 2.45) is 0 Å². The van der Waals surface area contributed by atoms with Gasteiger partial charge in [-0.2, -0.15) is 35.1 Å². The number of alkyl halides is 9. The Morgan fingerprint density at radius 1 is 0.720 bits per heavy atom. The molecule has 0 bridgehead atoms. The molecular formula is C12H19F9O3Si. The summed E-state index contributed by atoms with van der Waals surface area (Å²) in [7, 11) is -5.90. The van der Waals surface area contributed by atoms with Gasteiger partial charge in [0.1, 0.15) is 0 Å². The quantitative estimate of drug-likeness (QED) is 0.372.